The molecule has 102 valence electrons. The number of hydrazine groups is 1. The largest absolute Gasteiger partial charge is 0.304 e. The molecule has 0 aliphatic carbocycles. The van der Waals surface area contributed by atoms with Crippen LogP contribution in [0.25, 0.3) is 0 Å². The van der Waals surface area contributed by atoms with E-state index < -0.39 is 0 Å². The summed E-state index contributed by atoms with van der Waals surface area (Å²) in [5.41, 5.74) is 1.09. The number of hydrogen-bond acceptors (Lipinski definition) is 3. The molecule has 0 spiro atoms. The van der Waals surface area contributed by atoms with Crippen LogP contribution in [0.2, 0.25) is 0 Å². The Morgan fingerprint density at radius 3 is 2.78 bits per heavy atom. The highest BCUT2D eigenvalue weighted by Gasteiger charge is 2.37. The zero-order chi connectivity index (χ0) is 13.3. The van der Waals surface area contributed by atoms with Gasteiger partial charge in [-0.1, -0.05) is 20.4 Å². The number of carbonyl (C=O) groups excluding carboxylic acids is 1. The first-order valence-corrected chi connectivity index (χ1v) is 7.05. The van der Waals surface area contributed by atoms with Gasteiger partial charge in [-0.15, -0.1) is 0 Å². The molecule has 0 unspecified atom stereocenters. The molecular weight excluding hydrogens is 226 g/mol. The molecule has 0 saturated carbocycles. The van der Waals surface area contributed by atoms with E-state index in [1.165, 1.54) is 0 Å². The molecule has 2 aliphatic rings. The lowest BCUT2D eigenvalue weighted by molar-refractivity contribution is -0.155. The summed E-state index contributed by atoms with van der Waals surface area (Å²) in [5.74, 6) is 0.217. The summed E-state index contributed by atoms with van der Waals surface area (Å²) in [4.78, 5) is 12.7. The third-order valence-corrected chi connectivity index (χ3v) is 3.81. The number of nitrogens with one attached hydrogen (secondary N) is 1. The SMILES string of the molecule is C=C1CC[C@H](NC(C)C)C(=O)N2[C@H](C)CCCN12. The van der Waals surface area contributed by atoms with Crippen LogP contribution >= 0.6 is 0 Å². The molecule has 18 heavy (non-hydrogen) atoms. The van der Waals surface area contributed by atoms with Crippen molar-refractivity contribution < 1.29 is 4.79 Å². The molecule has 2 aliphatic heterocycles. The number of carbonyl (C=O) groups is 1. The Hall–Kier alpha value is -1.03. The fraction of sp³-hybridized carbons (Fsp3) is 0.786. The maximum absolute atomic E-state index is 12.7. The zero-order valence-corrected chi connectivity index (χ0v) is 11.8. The first-order valence-electron chi connectivity index (χ1n) is 7.05. The maximum atomic E-state index is 12.7. The van der Waals surface area contributed by atoms with Crippen molar-refractivity contribution in [1.82, 2.24) is 15.3 Å². The summed E-state index contributed by atoms with van der Waals surface area (Å²) < 4.78 is 0. The number of amides is 1. The summed E-state index contributed by atoms with van der Waals surface area (Å²) in [6.07, 6.45) is 3.99. The van der Waals surface area contributed by atoms with Gasteiger partial charge in [0.2, 0.25) is 0 Å². The van der Waals surface area contributed by atoms with Crippen molar-refractivity contribution in [3.05, 3.63) is 12.3 Å². The monoisotopic (exact) mass is 251 g/mol. The van der Waals surface area contributed by atoms with Crippen molar-refractivity contribution in [2.45, 2.75) is 64.6 Å². The van der Waals surface area contributed by atoms with E-state index in [0.29, 0.717) is 6.04 Å². The van der Waals surface area contributed by atoms with Gasteiger partial charge in [0.25, 0.3) is 5.91 Å². The standard InChI is InChI=1S/C14H25N3O/c1-10(2)15-13-8-7-11(3)16-9-5-6-12(4)17(16)14(13)18/h10,12-13,15H,3,5-9H2,1-2,4H3/t12-,13+/m1/s1. The Morgan fingerprint density at radius 1 is 1.39 bits per heavy atom. The molecule has 1 N–H and O–H groups in total. The second-order valence-electron chi connectivity index (χ2n) is 5.78. The van der Waals surface area contributed by atoms with Crippen LogP contribution in [-0.4, -0.2) is 40.6 Å². The van der Waals surface area contributed by atoms with Gasteiger partial charge in [0, 0.05) is 18.3 Å². The van der Waals surface area contributed by atoms with Gasteiger partial charge in [-0.05, 0) is 32.6 Å². The molecular formula is C14H25N3O. The predicted octanol–water partition coefficient (Wildman–Crippen LogP) is 1.89. The van der Waals surface area contributed by atoms with Crippen LogP contribution in [0.15, 0.2) is 12.3 Å². The molecule has 0 aromatic rings. The summed E-state index contributed by atoms with van der Waals surface area (Å²) in [6, 6.07) is 0.559. The van der Waals surface area contributed by atoms with Crippen LogP contribution in [0.4, 0.5) is 0 Å². The molecule has 4 nitrogen and oxygen atoms in total. The number of rotatable bonds is 2. The summed E-state index contributed by atoms with van der Waals surface area (Å²) >= 11 is 0. The Balaban J connectivity index is 2.21. The minimum absolute atomic E-state index is 0.0627. The Bertz CT molecular complexity index is 340. The van der Waals surface area contributed by atoms with Gasteiger partial charge in [-0.25, -0.2) is 0 Å². The topological polar surface area (TPSA) is 35.6 Å². The summed E-state index contributed by atoms with van der Waals surface area (Å²) in [5, 5.41) is 7.44. The third kappa shape index (κ3) is 2.53. The normalized spacial score (nSPS) is 29.6. The van der Waals surface area contributed by atoms with E-state index in [1.807, 2.05) is 5.01 Å². The van der Waals surface area contributed by atoms with Gasteiger partial charge in [0.05, 0.1) is 12.1 Å². The number of allylic oxidation sites excluding steroid dienone is 1. The second-order valence-corrected chi connectivity index (χ2v) is 5.78. The van der Waals surface area contributed by atoms with Crippen LogP contribution in [-0.2, 0) is 4.79 Å². The second kappa shape index (κ2) is 5.31. The van der Waals surface area contributed by atoms with E-state index in [9.17, 15) is 4.79 Å². The summed E-state index contributed by atoms with van der Waals surface area (Å²) in [6.45, 7) is 11.4. The smallest absolute Gasteiger partial charge is 0.258 e. The molecule has 2 saturated heterocycles. The van der Waals surface area contributed by atoms with Gasteiger partial charge in [0.1, 0.15) is 0 Å². The van der Waals surface area contributed by atoms with Crippen molar-refractivity contribution in [1.29, 1.82) is 0 Å². The molecule has 0 aromatic heterocycles. The fourth-order valence-corrected chi connectivity index (χ4v) is 2.93. The highest BCUT2D eigenvalue weighted by atomic mass is 16.2. The lowest BCUT2D eigenvalue weighted by Gasteiger charge is -2.44. The van der Waals surface area contributed by atoms with E-state index in [4.69, 9.17) is 0 Å². The molecule has 2 fully saturated rings. The van der Waals surface area contributed by atoms with Gasteiger partial charge in [0.15, 0.2) is 0 Å². The van der Waals surface area contributed by atoms with Crippen LogP contribution in [0.3, 0.4) is 0 Å². The molecule has 4 heteroatoms. The van der Waals surface area contributed by atoms with Crippen LogP contribution in [0.5, 0.6) is 0 Å². The fourth-order valence-electron chi connectivity index (χ4n) is 2.93. The van der Waals surface area contributed by atoms with E-state index in [2.05, 4.69) is 37.7 Å². The number of fused-ring (bicyclic) bond motifs is 1. The molecule has 0 aromatic carbocycles. The molecule has 2 rings (SSSR count). The minimum Gasteiger partial charge on any atom is -0.304 e. The van der Waals surface area contributed by atoms with Crippen molar-refractivity contribution in [3.63, 3.8) is 0 Å². The van der Waals surface area contributed by atoms with E-state index in [0.717, 1.165) is 37.9 Å². The van der Waals surface area contributed by atoms with Crippen molar-refractivity contribution in [2.75, 3.05) is 6.54 Å². The van der Waals surface area contributed by atoms with Crippen molar-refractivity contribution in [2.24, 2.45) is 0 Å². The Labute approximate surface area is 110 Å². The lowest BCUT2D eigenvalue weighted by Crippen LogP contribution is -2.57. The van der Waals surface area contributed by atoms with Gasteiger partial charge in [-0.2, -0.15) is 0 Å². The lowest BCUT2D eigenvalue weighted by atomic mass is 10.1. The van der Waals surface area contributed by atoms with Gasteiger partial charge >= 0.3 is 0 Å². The zero-order valence-electron chi connectivity index (χ0n) is 11.8. The van der Waals surface area contributed by atoms with Gasteiger partial charge in [-0.3, -0.25) is 14.8 Å². The van der Waals surface area contributed by atoms with Crippen LogP contribution in [0.1, 0.15) is 46.5 Å². The van der Waals surface area contributed by atoms with E-state index in [1.54, 1.807) is 0 Å². The molecule has 0 radical (unpaired) electrons. The highest BCUT2D eigenvalue weighted by molar-refractivity contribution is 5.82. The molecule has 0 bridgehead atoms. The first kappa shape index (κ1) is 13.4. The van der Waals surface area contributed by atoms with Gasteiger partial charge < -0.3 is 5.32 Å². The Morgan fingerprint density at radius 2 is 2.11 bits per heavy atom. The predicted molar refractivity (Wildman–Crippen MR) is 72.7 cm³/mol. The van der Waals surface area contributed by atoms with E-state index in [-0.39, 0.29) is 18.0 Å². The van der Waals surface area contributed by atoms with Crippen LogP contribution < -0.4 is 5.32 Å². The van der Waals surface area contributed by atoms with E-state index >= 15 is 0 Å². The minimum atomic E-state index is -0.0627. The molecule has 2 heterocycles. The maximum Gasteiger partial charge on any atom is 0.258 e. The number of nitrogens with zero attached hydrogens (tertiary/aromatic N) is 2. The van der Waals surface area contributed by atoms with Crippen molar-refractivity contribution >= 4 is 5.91 Å². The highest BCUT2D eigenvalue weighted by Crippen LogP contribution is 2.28. The van der Waals surface area contributed by atoms with Crippen LogP contribution in [0, 0.1) is 0 Å². The molecule has 1 amide bonds. The summed E-state index contributed by atoms with van der Waals surface area (Å²) in [7, 11) is 0. The molecule has 2 atom stereocenters. The van der Waals surface area contributed by atoms with Crippen molar-refractivity contribution in [3.8, 4) is 0 Å². The number of hydrogen-bond donors (Lipinski definition) is 1. The third-order valence-electron chi connectivity index (χ3n) is 3.81. The average molecular weight is 251 g/mol. The first-order chi connectivity index (χ1) is 8.50. The Kier molecular flexibility index (Phi) is 3.95. The quantitative estimate of drug-likeness (QED) is 0.814. The average Bonchev–Trinajstić information content (AvgIpc) is 2.42.